The molecule has 0 saturated heterocycles. The van der Waals surface area contributed by atoms with E-state index < -0.39 is 53.2 Å². The first-order valence-electron chi connectivity index (χ1n) is 8.21. The molecule has 28 heavy (non-hydrogen) atoms. The number of pyridine rings is 1. The molecule has 2 aromatic heterocycles. The number of benzene rings is 1. The molecule has 0 amide bonds. The molecule has 0 bridgehead atoms. The van der Waals surface area contributed by atoms with E-state index in [9.17, 15) is 33.2 Å². The topological polar surface area (TPSA) is 88.7 Å². The number of aromatic hydroxyl groups is 1. The van der Waals surface area contributed by atoms with E-state index >= 15 is 0 Å². The van der Waals surface area contributed by atoms with Crippen LogP contribution in [-0.2, 0) is 6.54 Å². The van der Waals surface area contributed by atoms with Crippen LogP contribution in [0.1, 0.15) is 17.0 Å². The van der Waals surface area contributed by atoms with Crippen LogP contribution in [0.25, 0.3) is 5.65 Å². The summed E-state index contributed by atoms with van der Waals surface area (Å²) >= 11 is 0. The Hall–Kier alpha value is -3.43. The Morgan fingerprint density at radius 1 is 1.18 bits per heavy atom. The Bertz CT molecular complexity index is 1080. The molecule has 0 aliphatic heterocycles. The minimum atomic E-state index is -2.84. The molecule has 1 aromatic carbocycles. The van der Waals surface area contributed by atoms with Gasteiger partial charge in [0, 0.05) is 11.0 Å². The average molecular weight is 394 g/mol. The molecule has 3 rings (SSSR count). The van der Waals surface area contributed by atoms with Gasteiger partial charge in [0.25, 0.3) is 18.0 Å². The first-order chi connectivity index (χ1) is 13.3. The van der Waals surface area contributed by atoms with Gasteiger partial charge in [-0.25, -0.2) is 18.0 Å². The van der Waals surface area contributed by atoms with Crippen molar-refractivity contribution in [3.05, 3.63) is 86.1 Å². The first-order valence-corrected chi connectivity index (χ1v) is 8.21. The quantitative estimate of drug-likeness (QED) is 0.394. The number of fused-ring (bicyclic) bond motifs is 1. The summed E-state index contributed by atoms with van der Waals surface area (Å²) in [5, 5.41) is 21.8. The standard InChI is InChI=1S/C18H14F3N3O4/c19-12-6-4-11(5-7-12)13(9-24(27)28)16-17(25)22-8-2-1-3-15(22)23(18(16)26)10-14(20)21/h1-8,13-14H,9-10H2/p+1. The lowest BCUT2D eigenvalue weighted by molar-refractivity contribution is -0.690. The molecule has 1 atom stereocenters. The molecule has 146 valence electrons. The summed E-state index contributed by atoms with van der Waals surface area (Å²) < 4.78 is 41.3. The van der Waals surface area contributed by atoms with Crippen LogP contribution in [0.5, 0.6) is 5.88 Å². The molecule has 0 saturated carbocycles. The minimum absolute atomic E-state index is 0.00742. The maximum Gasteiger partial charge on any atom is 0.350 e. The van der Waals surface area contributed by atoms with Gasteiger partial charge in [-0.15, -0.1) is 0 Å². The van der Waals surface area contributed by atoms with Crippen molar-refractivity contribution in [1.82, 2.24) is 4.40 Å². The van der Waals surface area contributed by atoms with Gasteiger partial charge in [0.05, 0.1) is 12.1 Å². The number of hydrogen-bond acceptors (Lipinski definition) is 4. The van der Waals surface area contributed by atoms with Gasteiger partial charge in [-0.3, -0.25) is 10.1 Å². The van der Waals surface area contributed by atoms with Gasteiger partial charge < -0.3 is 5.11 Å². The van der Waals surface area contributed by atoms with Crippen molar-refractivity contribution in [3.63, 3.8) is 0 Å². The highest BCUT2D eigenvalue weighted by Crippen LogP contribution is 2.28. The van der Waals surface area contributed by atoms with Gasteiger partial charge in [-0.2, -0.15) is 8.97 Å². The van der Waals surface area contributed by atoms with Gasteiger partial charge in [0.15, 0.2) is 6.54 Å². The summed E-state index contributed by atoms with van der Waals surface area (Å²) in [4.78, 5) is 23.5. The SMILES string of the molecule is O=c1c(C(C[N+](=O)[O-])c2ccc(F)cc2)c(O)[n+](CC(F)F)c2ccccn12. The van der Waals surface area contributed by atoms with Gasteiger partial charge in [-0.05, 0) is 23.8 Å². The maximum absolute atomic E-state index is 13.3. The molecule has 0 aliphatic rings. The van der Waals surface area contributed by atoms with E-state index in [1.54, 1.807) is 0 Å². The summed E-state index contributed by atoms with van der Waals surface area (Å²) in [6, 6.07) is 8.98. The lowest BCUT2D eigenvalue weighted by atomic mass is 9.92. The van der Waals surface area contributed by atoms with E-state index in [-0.39, 0.29) is 11.2 Å². The van der Waals surface area contributed by atoms with Crippen molar-refractivity contribution < 1.29 is 27.8 Å². The fraction of sp³-hybridized carbons (Fsp3) is 0.222. The molecular weight excluding hydrogens is 379 g/mol. The second kappa shape index (κ2) is 7.67. The van der Waals surface area contributed by atoms with Crippen LogP contribution in [0.3, 0.4) is 0 Å². The number of rotatable bonds is 6. The van der Waals surface area contributed by atoms with Gasteiger partial charge in [0.2, 0.25) is 6.54 Å². The lowest BCUT2D eigenvalue weighted by Crippen LogP contribution is -2.45. The number of alkyl halides is 2. The largest absolute Gasteiger partial charge is 0.477 e. The smallest absolute Gasteiger partial charge is 0.350 e. The normalized spacial score (nSPS) is 12.4. The van der Waals surface area contributed by atoms with Crippen molar-refractivity contribution in [2.75, 3.05) is 6.54 Å². The molecule has 3 aromatic rings. The van der Waals surface area contributed by atoms with Crippen LogP contribution in [0.4, 0.5) is 13.2 Å². The Balaban J connectivity index is 2.33. The summed E-state index contributed by atoms with van der Waals surface area (Å²) in [7, 11) is 0. The number of halogens is 3. The number of aromatic nitrogens is 2. The van der Waals surface area contributed by atoms with E-state index in [0.717, 1.165) is 21.1 Å². The van der Waals surface area contributed by atoms with Crippen molar-refractivity contribution >= 4 is 5.65 Å². The zero-order valence-electron chi connectivity index (χ0n) is 14.3. The molecule has 2 heterocycles. The van der Waals surface area contributed by atoms with Crippen LogP contribution >= 0.6 is 0 Å². The predicted octanol–water partition coefficient (Wildman–Crippen LogP) is 2.11. The second-order valence-corrected chi connectivity index (χ2v) is 6.09. The fourth-order valence-corrected chi connectivity index (χ4v) is 3.14. The third-order valence-corrected chi connectivity index (χ3v) is 4.33. The number of nitro groups is 1. The van der Waals surface area contributed by atoms with Crippen LogP contribution in [0.15, 0.2) is 53.5 Å². The summed E-state index contributed by atoms with van der Waals surface area (Å²) in [6.45, 7) is -1.71. The van der Waals surface area contributed by atoms with Gasteiger partial charge in [0.1, 0.15) is 11.4 Å². The number of hydrogen-bond donors (Lipinski definition) is 1. The van der Waals surface area contributed by atoms with Crippen LogP contribution < -0.4 is 10.1 Å². The molecule has 1 unspecified atom stereocenters. The average Bonchev–Trinajstić information content (AvgIpc) is 2.64. The second-order valence-electron chi connectivity index (χ2n) is 6.09. The zero-order chi connectivity index (χ0) is 20.4. The van der Waals surface area contributed by atoms with Gasteiger partial charge in [-0.1, -0.05) is 18.2 Å². The summed E-state index contributed by atoms with van der Waals surface area (Å²) in [6.07, 6.45) is -1.53. The Labute approximate surface area is 156 Å². The van der Waals surface area contributed by atoms with Crippen LogP contribution in [-0.4, -0.2) is 27.4 Å². The highest BCUT2D eigenvalue weighted by Gasteiger charge is 2.34. The van der Waals surface area contributed by atoms with Crippen molar-refractivity contribution in [1.29, 1.82) is 0 Å². The van der Waals surface area contributed by atoms with E-state index in [2.05, 4.69) is 0 Å². The lowest BCUT2D eigenvalue weighted by Gasteiger charge is -2.15. The number of nitrogens with zero attached hydrogens (tertiary/aromatic N) is 3. The highest BCUT2D eigenvalue weighted by atomic mass is 19.3. The first kappa shape index (κ1) is 19.3. The van der Waals surface area contributed by atoms with Crippen LogP contribution in [0.2, 0.25) is 0 Å². The Kier molecular flexibility index (Phi) is 5.30. The third-order valence-electron chi connectivity index (χ3n) is 4.33. The molecule has 0 spiro atoms. The van der Waals surface area contributed by atoms with Crippen molar-refractivity contribution in [2.45, 2.75) is 18.9 Å². The van der Waals surface area contributed by atoms with Crippen molar-refractivity contribution in [3.8, 4) is 5.88 Å². The molecule has 1 N–H and O–H groups in total. The highest BCUT2D eigenvalue weighted by molar-refractivity contribution is 5.40. The molecule has 10 heteroatoms. The van der Waals surface area contributed by atoms with E-state index in [1.165, 1.54) is 36.5 Å². The summed E-state index contributed by atoms with van der Waals surface area (Å²) in [5.74, 6) is -2.63. The predicted molar refractivity (Wildman–Crippen MR) is 91.6 cm³/mol. The fourth-order valence-electron chi connectivity index (χ4n) is 3.14. The third kappa shape index (κ3) is 3.66. The molecule has 0 radical (unpaired) electrons. The zero-order valence-corrected chi connectivity index (χ0v) is 14.3. The monoisotopic (exact) mass is 394 g/mol. The maximum atomic E-state index is 13.3. The van der Waals surface area contributed by atoms with Crippen LogP contribution in [0, 0.1) is 15.9 Å². The molecule has 7 nitrogen and oxygen atoms in total. The minimum Gasteiger partial charge on any atom is -0.477 e. The Morgan fingerprint density at radius 3 is 2.46 bits per heavy atom. The molecule has 0 aliphatic carbocycles. The molecule has 0 fully saturated rings. The van der Waals surface area contributed by atoms with E-state index in [0.29, 0.717) is 0 Å². The Morgan fingerprint density at radius 2 is 1.86 bits per heavy atom. The summed E-state index contributed by atoms with van der Waals surface area (Å²) in [5.41, 5.74) is -0.986. The molecular formula is C18H15F3N3O4+. The van der Waals surface area contributed by atoms with E-state index in [4.69, 9.17) is 0 Å². The van der Waals surface area contributed by atoms with Gasteiger partial charge >= 0.3 is 5.56 Å². The van der Waals surface area contributed by atoms with Crippen molar-refractivity contribution in [2.24, 2.45) is 0 Å². The van der Waals surface area contributed by atoms with E-state index in [1.807, 2.05) is 0 Å².